The fourth-order valence-electron chi connectivity index (χ4n) is 7.13. The summed E-state index contributed by atoms with van der Waals surface area (Å²) in [4.78, 5) is 10.2. The first-order valence-corrected chi connectivity index (χ1v) is 17.6. The van der Waals surface area contributed by atoms with Crippen molar-refractivity contribution in [1.29, 1.82) is 0 Å². The number of hydrogen-bond donors (Lipinski definition) is 1. The van der Waals surface area contributed by atoms with Crippen LogP contribution in [-0.4, -0.2) is 11.7 Å². The van der Waals surface area contributed by atoms with Crippen molar-refractivity contribution in [1.82, 2.24) is 5.32 Å². The molecule has 0 saturated heterocycles. The lowest BCUT2D eigenvalue weighted by Gasteiger charge is -2.23. The average molecular weight is 660 g/mol. The maximum atomic E-state index is 6.48. The molecule has 1 atom stereocenters. The summed E-state index contributed by atoms with van der Waals surface area (Å²) in [7, 11) is 0. The summed E-state index contributed by atoms with van der Waals surface area (Å²) in [6, 6.07) is 57.3. The molecular weight excluding hydrogens is 631 g/mol. The molecule has 3 heterocycles. The summed E-state index contributed by atoms with van der Waals surface area (Å²) < 4.78 is 9.06. The normalized spacial score (nSPS) is 14.6. The Balaban J connectivity index is 1.11. The van der Waals surface area contributed by atoms with E-state index in [-0.39, 0.29) is 6.17 Å². The number of hydrogen-bond acceptors (Lipinski definition) is 5. The zero-order valence-corrected chi connectivity index (χ0v) is 27.7. The van der Waals surface area contributed by atoms with Gasteiger partial charge >= 0.3 is 0 Å². The third kappa shape index (κ3) is 4.82. The summed E-state index contributed by atoms with van der Waals surface area (Å²) in [5.41, 5.74) is 9.46. The van der Waals surface area contributed by atoms with Gasteiger partial charge in [0.1, 0.15) is 23.2 Å². The SMILES string of the molecule is c1ccc(-c2ccc(C3=NC(c4ccccc4)NC(c4ccc5oc6cccc(-c7cccc8c7sc7ccccc78)c6c5c4)=N3)cc2)cc1. The van der Waals surface area contributed by atoms with E-state index in [0.717, 1.165) is 55.6 Å². The topological polar surface area (TPSA) is 49.9 Å². The highest BCUT2D eigenvalue weighted by Gasteiger charge is 2.23. The van der Waals surface area contributed by atoms with Crippen molar-refractivity contribution in [3.8, 4) is 22.3 Å². The van der Waals surface area contributed by atoms with Crippen molar-refractivity contribution < 1.29 is 4.42 Å². The molecule has 0 fully saturated rings. The first-order valence-electron chi connectivity index (χ1n) is 16.8. The van der Waals surface area contributed by atoms with Crippen molar-refractivity contribution in [2.24, 2.45) is 9.98 Å². The molecule has 1 aliphatic rings. The minimum Gasteiger partial charge on any atom is -0.456 e. The molecule has 4 nitrogen and oxygen atoms in total. The molecule has 1 N–H and O–H groups in total. The molecule has 1 unspecified atom stereocenters. The molecule has 7 aromatic carbocycles. The van der Waals surface area contributed by atoms with Gasteiger partial charge in [0.25, 0.3) is 0 Å². The molecule has 1 aliphatic heterocycles. The summed E-state index contributed by atoms with van der Waals surface area (Å²) in [5.74, 6) is 1.47. The predicted molar refractivity (Wildman–Crippen MR) is 209 cm³/mol. The predicted octanol–water partition coefficient (Wildman–Crippen LogP) is 11.8. The highest BCUT2D eigenvalue weighted by atomic mass is 32.1. The average Bonchev–Trinajstić information content (AvgIpc) is 3.77. The van der Waals surface area contributed by atoms with E-state index in [9.17, 15) is 0 Å². The van der Waals surface area contributed by atoms with E-state index >= 15 is 0 Å². The van der Waals surface area contributed by atoms with Gasteiger partial charge in [-0.2, -0.15) is 0 Å². The van der Waals surface area contributed by atoms with Crippen LogP contribution in [-0.2, 0) is 0 Å². The fourth-order valence-corrected chi connectivity index (χ4v) is 8.36. The van der Waals surface area contributed by atoms with Crippen LogP contribution in [0, 0.1) is 0 Å². The molecule has 0 radical (unpaired) electrons. The quantitative estimate of drug-likeness (QED) is 0.200. The Morgan fingerprint density at radius 3 is 2.06 bits per heavy atom. The summed E-state index contributed by atoms with van der Waals surface area (Å²) in [5, 5.41) is 8.39. The van der Waals surface area contributed by atoms with Crippen molar-refractivity contribution >= 4 is 65.1 Å². The largest absolute Gasteiger partial charge is 0.456 e. The lowest BCUT2D eigenvalue weighted by atomic mass is 9.97. The van der Waals surface area contributed by atoms with Gasteiger partial charge in [-0.3, -0.25) is 0 Å². The van der Waals surface area contributed by atoms with E-state index in [4.69, 9.17) is 14.4 Å². The Morgan fingerprint density at radius 1 is 0.520 bits per heavy atom. The second-order valence-electron chi connectivity index (χ2n) is 12.6. The summed E-state index contributed by atoms with van der Waals surface area (Å²) >= 11 is 1.85. The summed E-state index contributed by atoms with van der Waals surface area (Å²) in [6.45, 7) is 0. The first kappa shape index (κ1) is 28.7. The number of nitrogens with one attached hydrogen (secondary N) is 1. The monoisotopic (exact) mass is 659 g/mol. The van der Waals surface area contributed by atoms with E-state index in [0.29, 0.717) is 5.84 Å². The second kappa shape index (κ2) is 11.7. The Morgan fingerprint density at radius 2 is 1.20 bits per heavy atom. The van der Waals surface area contributed by atoms with Gasteiger partial charge < -0.3 is 9.73 Å². The van der Waals surface area contributed by atoms with E-state index in [1.165, 1.54) is 31.3 Å². The maximum Gasteiger partial charge on any atom is 0.159 e. The Bertz CT molecular complexity index is 2780. The lowest BCUT2D eigenvalue weighted by Crippen LogP contribution is -2.33. The molecule has 50 heavy (non-hydrogen) atoms. The molecule has 5 heteroatoms. The number of amidine groups is 2. The number of benzene rings is 7. The van der Waals surface area contributed by atoms with Crippen molar-refractivity contribution in [3.63, 3.8) is 0 Å². The molecule has 0 aliphatic carbocycles. The second-order valence-corrected chi connectivity index (χ2v) is 13.6. The van der Waals surface area contributed by atoms with Crippen molar-refractivity contribution in [2.75, 3.05) is 0 Å². The van der Waals surface area contributed by atoms with Gasteiger partial charge in [-0.05, 0) is 52.6 Å². The Hall–Kier alpha value is -6.30. The third-order valence-electron chi connectivity index (χ3n) is 9.57. The van der Waals surface area contributed by atoms with Crippen LogP contribution in [0.5, 0.6) is 0 Å². The molecule has 10 rings (SSSR count). The van der Waals surface area contributed by atoms with Gasteiger partial charge in [0.2, 0.25) is 0 Å². The first-order chi connectivity index (χ1) is 24.8. The fraction of sp³-hybridized carbons (Fsp3) is 0.0222. The van der Waals surface area contributed by atoms with Gasteiger partial charge in [0.15, 0.2) is 5.84 Å². The molecule has 0 bridgehead atoms. The van der Waals surface area contributed by atoms with Crippen LogP contribution < -0.4 is 5.32 Å². The highest BCUT2D eigenvalue weighted by molar-refractivity contribution is 7.26. The molecule has 2 aromatic heterocycles. The molecule has 0 saturated carbocycles. The lowest BCUT2D eigenvalue weighted by molar-refractivity contribution is 0.668. The molecule has 0 spiro atoms. The van der Waals surface area contributed by atoms with E-state index in [1.807, 2.05) is 23.5 Å². The van der Waals surface area contributed by atoms with E-state index < -0.39 is 0 Å². The van der Waals surface area contributed by atoms with E-state index in [2.05, 4.69) is 157 Å². The molecule has 236 valence electrons. The van der Waals surface area contributed by atoms with Crippen LogP contribution in [0.15, 0.2) is 178 Å². The van der Waals surface area contributed by atoms with Gasteiger partial charge in [0, 0.05) is 47.6 Å². The van der Waals surface area contributed by atoms with E-state index in [1.54, 1.807) is 0 Å². The van der Waals surface area contributed by atoms with Gasteiger partial charge in [-0.15, -0.1) is 11.3 Å². The Kier molecular flexibility index (Phi) is 6.71. The smallest absolute Gasteiger partial charge is 0.159 e. The van der Waals surface area contributed by atoms with Crippen molar-refractivity contribution in [3.05, 3.63) is 180 Å². The standard InChI is InChI=1S/C45H29N3OS/c1-3-11-28(12-4-1)29-21-23-31(24-22-29)44-46-43(30-13-5-2-6-14-30)47-45(48-44)32-25-26-38-37(27-32)41-34(16-10-19-39(41)49-38)36-18-9-17-35-33-15-7-8-20-40(33)50-42(35)36/h1-27,43H,(H,46,47,48). The third-order valence-corrected chi connectivity index (χ3v) is 10.8. The van der Waals surface area contributed by atoms with Gasteiger partial charge in [-0.1, -0.05) is 133 Å². The van der Waals surface area contributed by atoms with Gasteiger partial charge in [0.05, 0.1) is 0 Å². The molecular formula is C45H29N3OS. The number of aliphatic imine (C=N–C) groups is 2. The number of thiophene rings is 1. The van der Waals surface area contributed by atoms with Crippen LogP contribution in [0.1, 0.15) is 22.9 Å². The van der Waals surface area contributed by atoms with Gasteiger partial charge in [-0.25, -0.2) is 9.98 Å². The minimum atomic E-state index is -0.287. The maximum absolute atomic E-state index is 6.48. The van der Waals surface area contributed by atoms with Crippen molar-refractivity contribution in [2.45, 2.75) is 6.17 Å². The van der Waals surface area contributed by atoms with Crippen LogP contribution in [0.2, 0.25) is 0 Å². The zero-order chi connectivity index (χ0) is 33.0. The van der Waals surface area contributed by atoms with Crippen LogP contribution in [0.25, 0.3) is 64.4 Å². The molecule has 0 amide bonds. The minimum absolute atomic E-state index is 0.287. The van der Waals surface area contributed by atoms with Crippen LogP contribution in [0.4, 0.5) is 0 Å². The highest BCUT2D eigenvalue weighted by Crippen LogP contribution is 2.44. The number of rotatable bonds is 5. The van der Waals surface area contributed by atoms with Crippen LogP contribution >= 0.6 is 11.3 Å². The number of fused-ring (bicyclic) bond motifs is 6. The number of nitrogens with zero attached hydrogens (tertiary/aromatic N) is 2. The summed E-state index contributed by atoms with van der Waals surface area (Å²) in [6.07, 6.45) is -0.287. The number of furan rings is 1. The Labute approximate surface area is 292 Å². The molecule has 9 aromatic rings. The van der Waals surface area contributed by atoms with Crippen LogP contribution in [0.3, 0.4) is 0 Å². The zero-order valence-electron chi connectivity index (χ0n) is 26.9.